The Morgan fingerprint density at radius 1 is 1.15 bits per heavy atom. The molecular weight excluding hydrogens is 356 g/mol. The molecule has 0 aliphatic heterocycles. The molecule has 9 heteroatoms. The van der Waals surface area contributed by atoms with E-state index in [0.29, 0.717) is 55.8 Å². The van der Waals surface area contributed by atoms with Gasteiger partial charge < -0.3 is 14.8 Å². The number of rotatable bonds is 9. The van der Waals surface area contributed by atoms with Crippen LogP contribution in [0.4, 0.5) is 11.6 Å². The van der Waals surface area contributed by atoms with Gasteiger partial charge in [-0.3, -0.25) is 4.68 Å². The molecule has 0 unspecified atom stereocenters. The number of hydrogen-bond donors (Lipinski definition) is 1. The normalized spacial score (nSPS) is 11.2. The number of nitrogens with zero attached hydrogens (tertiary/aromatic N) is 5. The monoisotopic (exact) mass is 376 g/mol. The van der Waals surface area contributed by atoms with Gasteiger partial charge in [-0.05, 0) is 37.6 Å². The van der Waals surface area contributed by atoms with Crippen molar-refractivity contribution in [2.75, 3.05) is 25.1 Å². The molecular formula is C17H21ClN6O2. The topological polar surface area (TPSA) is 87.0 Å². The minimum absolute atomic E-state index is 0.137. The van der Waals surface area contributed by atoms with Gasteiger partial charge >= 0.3 is 0 Å². The second-order valence-electron chi connectivity index (χ2n) is 5.38. The third kappa shape index (κ3) is 4.27. The Balaban J connectivity index is 2.05. The van der Waals surface area contributed by atoms with Gasteiger partial charge in [0.05, 0.1) is 19.8 Å². The Hall–Kier alpha value is -2.29. The lowest BCUT2D eigenvalue weighted by Crippen LogP contribution is -2.09. The van der Waals surface area contributed by atoms with E-state index in [1.165, 1.54) is 0 Å². The lowest BCUT2D eigenvalue weighted by molar-refractivity contribution is 0.128. The third-order valence-corrected chi connectivity index (χ3v) is 3.80. The lowest BCUT2D eigenvalue weighted by Gasteiger charge is -2.09. The summed E-state index contributed by atoms with van der Waals surface area (Å²) in [7, 11) is 0. The van der Waals surface area contributed by atoms with Gasteiger partial charge in [0.1, 0.15) is 22.5 Å². The predicted molar refractivity (Wildman–Crippen MR) is 99.7 cm³/mol. The smallest absolute Gasteiger partial charge is 0.225 e. The van der Waals surface area contributed by atoms with Crippen molar-refractivity contribution in [1.82, 2.24) is 24.7 Å². The van der Waals surface area contributed by atoms with E-state index in [4.69, 9.17) is 21.1 Å². The maximum atomic E-state index is 6.15. The highest BCUT2D eigenvalue weighted by atomic mass is 35.5. The Bertz CT molecular complexity index is 855. The number of halogens is 1. The van der Waals surface area contributed by atoms with E-state index in [1.54, 1.807) is 6.20 Å². The summed E-state index contributed by atoms with van der Waals surface area (Å²) in [5, 5.41) is 7.97. The molecule has 0 spiro atoms. The van der Waals surface area contributed by atoms with Crippen molar-refractivity contribution < 1.29 is 9.47 Å². The van der Waals surface area contributed by atoms with Gasteiger partial charge in [-0.1, -0.05) is 6.07 Å². The first-order valence-electron chi connectivity index (χ1n) is 8.49. The Labute approximate surface area is 156 Å². The molecule has 0 amide bonds. The maximum absolute atomic E-state index is 6.15. The second-order valence-corrected chi connectivity index (χ2v) is 5.72. The van der Waals surface area contributed by atoms with Crippen molar-refractivity contribution in [2.24, 2.45) is 0 Å². The lowest BCUT2D eigenvalue weighted by atomic mass is 10.3. The Kier molecular flexibility index (Phi) is 6.32. The van der Waals surface area contributed by atoms with Crippen LogP contribution in [0.15, 0.2) is 24.4 Å². The van der Waals surface area contributed by atoms with Crippen LogP contribution >= 0.6 is 11.6 Å². The van der Waals surface area contributed by atoms with Crippen molar-refractivity contribution >= 4 is 34.3 Å². The first-order chi connectivity index (χ1) is 12.7. The molecule has 8 nitrogen and oxygen atoms in total. The minimum atomic E-state index is 0.137. The quantitative estimate of drug-likeness (QED) is 0.453. The number of fused-ring (bicyclic) bond motifs is 1. The van der Waals surface area contributed by atoms with Crippen molar-refractivity contribution in [3.63, 3.8) is 0 Å². The molecule has 3 aromatic heterocycles. The molecule has 0 saturated carbocycles. The van der Waals surface area contributed by atoms with Gasteiger partial charge in [0.15, 0.2) is 5.82 Å². The zero-order chi connectivity index (χ0) is 18.4. The van der Waals surface area contributed by atoms with E-state index < -0.39 is 0 Å². The molecule has 0 aliphatic rings. The van der Waals surface area contributed by atoms with Crippen molar-refractivity contribution in [1.29, 1.82) is 0 Å². The summed E-state index contributed by atoms with van der Waals surface area (Å²) in [6, 6.07) is 5.59. The molecule has 0 fully saturated rings. The molecule has 3 aromatic rings. The largest absolute Gasteiger partial charge is 0.380 e. The van der Waals surface area contributed by atoms with Crippen LogP contribution < -0.4 is 5.32 Å². The second kappa shape index (κ2) is 8.88. The van der Waals surface area contributed by atoms with Gasteiger partial charge in [-0.15, -0.1) is 0 Å². The highest BCUT2D eigenvalue weighted by Crippen LogP contribution is 2.27. The van der Waals surface area contributed by atoms with E-state index in [-0.39, 0.29) is 5.28 Å². The fourth-order valence-corrected chi connectivity index (χ4v) is 2.68. The van der Waals surface area contributed by atoms with Crippen LogP contribution in [0, 0.1) is 0 Å². The van der Waals surface area contributed by atoms with E-state index >= 15 is 0 Å². The zero-order valence-corrected chi connectivity index (χ0v) is 15.5. The van der Waals surface area contributed by atoms with Gasteiger partial charge in [0.25, 0.3) is 0 Å². The van der Waals surface area contributed by atoms with Gasteiger partial charge in [-0.2, -0.15) is 10.1 Å². The summed E-state index contributed by atoms with van der Waals surface area (Å²) in [6.45, 7) is 6.58. The summed E-state index contributed by atoms with van der Waals surface area (Å²) in [6.07, 6.45) is 1.70. The van der Waals surface area contributed by atoms with Gasteiger partial charge in [0.2, 0.25) is 5.28 Å². The summed E-state index contributed by atoms with van der Waals surface area (Å²) < 4.78 is 12.8. The minimum Gasteiger partial charge on any atom is -0.380 e. The molecule has 138 valence electrons. The average molecular weight is 377 g/mol. The molecule has 0 aliphatic carbocycles. The zero-order valence-electron chi connectivity index (χ0n) is 14.8. The fraction of sp³-hybridized carbons (Fsp3) is 0.412. The molecule has 3 heterocycles. The number of aromatic nitrogens is 5. The first kappa shape index (κ1) is 18.5. The summed E-state index contributed by atoms with van der Waals surface area (Å²) >= 11 is 6.15. The summed E-state index contributed by atoms with van der Waals surface area (Å²) in [5.74, 6) is 1.21. The van der Waals surface area contributed by atoms with Gasteiger partial charge in [0, 0.05) is 19.4 Å². The summed E-state index contributed by atoms with van der Waals surface area (Å²) in [5.41, 5.74) is 2.12. The maximum Gasteiger partial charge on any atom is 0.225 e. The van der Waals surface area contributed by atoms with Crippen LogP contribution in [0.5, 0.6) is 0 Å². The average Bonchev–Trinajstić information content (AvgIpc) is 2.98. The SMILES string of the molecule is CCOCCn1nc(COCC)c2nc(Cl)nc(Nc3ccccn3)c21. The number of hydrogen-bond acceptors (Lipinski definition) is 7. The van der Waals surface area contributed by atoms with Crippen LogP contribution in [0.3, 0.4) is 0 Å². The van der Waals surface area contributed by atoms with Gasteiger partial charge in [-0.25, -0.2) is 9.97 Å². The van der Waals surface area contributed by atoms with Crippen LogP contribution in [-0.2, 0) is 22.6 Å². The van der Waals surface area contributed by atoms with Crippen LogP contribution in [0.1, 0.15) is 19.5 Å². The predicted octanol–water partition coefficient (Wildman–Crippen LogP) is 3.19. The molecule has 0 atom stereocenters. The fourth-order valence-electron chi connectivity index (χ4n) is 2.51. The molecule has 1 N–H and O–H groups in total. The van der Waals surface area contributed by atoms with E-state index in [1.807, 2.05) is 36.7 Å². The number of ether oxygens (including phenoxy) is 2. The molecule has 3 rings (SSSR count). The highest BCUT2D eigenvalue weighted by molar-refractivity contribution is 6.28. The summed E-state index contributed by atoms with van der Waals surface area (Å²) in [4.78, 5) is 13.0. The van der Waals surface area contributed by atoms with E-state index in [9.17, 15) is 0 Å². The van der Waals surface area contributed by atoms with Crippen molar-refractivity contribution in [2.45, 2.75) is 27.0 Å². The van der Waals surface area contributed by atoms with E-state index in [2.05, 4.69) is 25.4 Å². The highest BCUT2D eigenvalue weighted by Gasteiger charge is 2.19. The molecule has 0 radical (unpaired) electrons. The third-order valence-electron chi connectivity index (χ3n) is 3.64. The van der Waals surface area contributed by atoms with Crippen molar-refractivity contribution in [3.05, 3.63) is 35.4 Å². The number of nitrogens with one attached hydrogen (secondary N) is 1. The van der Waals surface area contributed by atoms with Crippen LogP contribution in [0.25, 0.3) is 11.0 Å². The van der Waals surface area contributed by atoms with E-state index in [0.717, 1.165) is 5.52 Å². The Morgan fingerprint density at radius 3 is 2.73 bits per heavy atom. The Morgan fingerprint density at radius 2 is 2.00 bits per heavy atom. The molecule has 26 heavy (non-hydrogen) atoms. The van der Waals surface area contributed by atoms with Crippen LogP contribution in [-0.4, -0.2) is 44.6 Å². The first-order valence-corrected chi connectivity index (χ1v) is 8.87. The number of pyridine rings is 1. The molecule has 0 aromatic carbocycles. The van der Waals surface area contributed by atoms with Crippen molar-refractivity contribution in [3.8, 4) is 0 Å². The number of anilines is 2. The molecule has 0 bridgehead atoms. The van der Waals surface area contributed by atoms with Crippen LogP contribution in [0.2, 0.25) is 5.28 Å². The molecule has 0 saturated heterocycles. The standard InChI is InChI=1S/C17H21ClN6O2/c1-3-25-10-9-24-15-14(12(23-24)11-26-4-2)21-17(18)22-16(15)20-13-7-5-6-8-19-13/h5-8H,3-4,9-11H2,1-2H3,(H,19,20,21,22).